The lowest BCUT2D eigenvalue weighted by Gasteiger charge is -2.11. The van der Waals surface area contributed by atoms with E-state index in [4.69, 9.17) is 11.6 Å². The van der Waals surface area contributed by atoms with Crippen LogP contribution < -0.4 is 5.32 Å². The molecule has 0 radical (unpaired) electrons. The number of alkyl halides is 3. The average Bonchev–Trinajstić information content (AvgIpc) is 2.30. The summed E-state index contributed by atoms with van der Waals surface area (Å²) in [7, 11) is 0. The predicted molar refractivity (Wildman–Crippen MR) is 63.9 cm³/mol. The molecule has 0 aliphatic carbocycles. The summed E-state index contributed by atoms with van der Waals surface area (Å²) in [5.74, 6) is -0.547. The molecular weight excluding hydrogens is 284 g/mol. The van der Waals surface area contributed by atoms with E-state index in [0.717, 1.165) is 24.3 Å². The van der Waals surface area contributed by atoms with Gasteiger partial charge in [0.25, 0.3) is 0 Å². The van der Waals surface area contributed by atoms with Crippen molar-refractivity contribution in [3.63, 3.8) is 0 Å². The molecule has 1 heterocycles. The van der Waals surface area contributed by atoms with E-state index >= 15 is 0 Å². The first-order valence-corrected chi connectivity index (χ1v) is 5.50. The van der Waals surface area contributed by atoms with Crippen LogP contribution in [0.5, 0.6) is 0 Å². The molecule has 0 aliphatic rings. The quantitative estimate of drug-likeness (QED) is 0.644. The van der Waals surface area contributed by atoms with Gasteiger partial charge in [0.2, 0.25) is 5.95 Å². The molecule has 0 spiro atoms. The number of rotatable bonds is 2. The van der Waals surface area contributed by atoms with Gasteiger partial charge in [0.15, 0.2) is 0 Å². The van der Waals surface area contributed by atoms with Crippen LogP contribution in [0.4, 0.5) is 29.1 Å². The summed E-state index contributed by atoms with van der Waals surface area (Å²) >= 11 is 5.74. The third kappa shape index (κ3) is 3.35. The number of halogens is 5. The molecule has 0 aliphatic heterocycles. The van der Waals surface area contributed by atoms with Gasteiger partial charge in [-0.15, -0.1) is 0 Å². The smallest absolute Gasteiger partial charge is 0.339 e. The van der Waals surface area contributed by atoms with Gasteiger partial charge in [0.05, 0.1) is 16.3 Å². The Bertz CT molecular complexity index is 599. The summed E-state index contributed by atoms with van der Waals surface area (Å²) in [5.41, 5.74) is -0.636. The van der Waals surface area contributed by atoms with E-state index in [2.05, 4.69) is 10.3 Å². The Kier molecular flexibility index (Phi) is 3.61. The number of nitrogens with one attached hydrogen (secondary N) is 1. The van der Waals surface area contributed by atoms with Gasteiger partial charge < -0.3 is 5.32 Å². The van der Waals surface area contributed by atoms with Crippen molar-refractivity contribution in [1.82, 2.24) is 4.98 Å². The zero-order valence-corrected chi connectivity index (χ0v) is 10.1. The molecule has 0 saturated carbocycles. The Hall–Kier alpha value is -1.82. The number of aromatic nitrogens is 1. The van der Waals surface area contributed by atoms with Crippen LogP contribution in [0.15, 0.2) is 36.4 Å². The van der Waals surface area contributed by atoms with Crippen molar-refractivity contribution in [2.45, 2.75) is 6.18 Å². The fraction of sp³-hybridized carbons (Fsp3) is 0.0833. The van der Waals surface area contributed by atoms with Crippen molar-refractivity contribution in [3.05, 3.63) is 52.9 Å². The molecule has 100 valence electrons. The van der Waals surface area contributed by atoms with Crippen molar-refractivity contribution >= 4 is 23.1 Å². The maximum Gasteiger partial charge on any atom is 0.416 e. The highest BCUT2D eigenvalue weighted by Gasteiger charge is 2.30. The maximum absolute atomic E-state index is 12.9. The van der Waals surface area contributed by atoms with Crippen molar-refractivity contribution in [2.75, 3.05) is 5.32 Å². The van der Waals surface area contributed by atoms with Gasteiger partial charge in [0.1, 0.15) is 5.82 Å². The van der Waals surface area contributed by atoms with E-state index in [1.807, 2.05) is 0 Å². The molecule has 0 fully saturated rings. The van der Waals surface area contributed by atoms with Crippen LogP contribution in [0.25, 0.3) is 0 Å². The molecule has 0 bridgehead atoms. The van der Waals surface area contributed by atoms with Gasteiger partial charge in [-0.1, -0.05) is 17.7 Å². The molecule has 19 heavy (non-hydrogen) atoms. The van der Waals surface area contributed by atoms with Crippen LogP contribution in [0.1, 0.15) is 5.56 Å². The van der Waals surface area contributed by atoms with E-state index in [1.165, 1.54) is 12.1 Å². The molecule has 0 amide bonds. The fourth-order valence-electron chi connectivity index (χ4n) is 1.41. The molecule has 0 atom stereocenters. The third-order valence-corrected chi connectivity index (χ3v) is 2.59. The molecule has 2 nitrogen and oxygen atoms in total. The first kappa shape index (κ1) is 13.6. The Morgan fingerprint density at radius 1 is 1.11 bits per heavy atom. The lowest BCUT2D eigenvalue weighted by Crippen LogP contribution is -2.05. The fourth-order valence-corrected chi connectivity index (χ4v) is 1.64. The second-order valence-corrected chi connectivity index (χ2v) is 4.07. The summed E-state index contributed by atoms with van der Waals surface area (Å²) in [6.07, 6.45) is -4.46. The highest BCUT2D eigenvalue weighted by molar-refractivity contribution is 6.33. The third-order valence-electron chi connectivity index (χ3n) is 2.27. The topological polar surface area (TPSA) is 24.9 Å². The normalized spacial score (nSPS) is 11.4. The van der Waals surface area contributed by atoms with Gasteiger partial charge in [-0.05, 0) is 30.3 Å². The van der Waals surface area contributed by atoms with E-state index in [0.29, 0.717) is 0 Å². The van der Waals surface area contributed by atoms with Crippen LogP contribution in [0.2, 0.25) is 5.02 Å². The van der Waals surface area contributed by atoms with Crippen molar-refractivity contribution in [1.29, 1.82) is 0 Å². The number of hydrogen-bond acceptors (Lipinski definition) is 2. The monoisotopic (exact) mass is 290 g/mol. The van der Waals surface area contributed by atoms with E-state index in [-0.39, 0.29) is 16.5 Å². The molecule has 1 aromatic carbocycles. The standard InChI is InChI=1S/C12H7ClF4N2/c13-8-6-7(12(15,16)17)4-5-9(8)18-11-3-1-2-10(14)19-11/h1-6H,(H,18,19). The van der Waals surface area contributed by atoms with Crippen molar-refractivity contribution < 1.29 is 17.6 Å². The molecular formula is C12H7ClF4N2. The first-order chi connectivity index (χ1) is 8.86. The van der Waals surface area contributed by atoms with Crippen LogP contribution in [-0.4, -0.2) is 4.98 Å². The molecule has 2 aromatic rings. The number of nitrogens with zero attached hydrogens (tertiary/aromatic N) is 1. The zero-order chi connectivity index (χ0) is 14.0. The van der Waals surface area contributed by atoms with Crippen molar-refractivity contribution in [3.8, 4) is 0 Å². The summed E-state index contributed by atoms with van der Waals surface area (Å²) in [6.45, 7) is 0. The maximum atomic E-state index is 12.9. The SMILES string of the molecule is Fc1cccc(Nc2ccc(C(F)(F)F)cc2Cl)n1. The van der Waals surface area contributed by atoms with Crippen LogP contribution >= 0.6 is 11.6 Å². The number of benzene rings is 1. The highest BCUT2D eigenvalue weighted by atomic mass is 35.5. The Labute approximate surface area is 111 Å². The second-order valence-electron chi connectivity index (χ2n) is 3.66. The van der Waals surface area contributed by atoms with Gasteiger partial charge in [-0.3, -0.25) is 0 Å². The van der Waals surface area contributed by atoms with Gasteiger partial charge in [-0.2, -0.15) is 17.6 Å². The molecule has 0 saturated heterocycles. The summed E-state index contributed by atoms with van der Waals surface area (Å²) in [4.78, 5) is 3.52. The lowest BCUT2D eigenvalue weighted by molar-refractivity contribution is -0.137. The Morgan fingerprint density at radius 2 is 1.84 bits per heavy atom. The molecule has 7 heteroatoms. The van der Waals surface area contributed by atoms with Crippen molar-refractivity contribution in [2.24, 2.45) is 0 Å². The average molecular weight is 291 g/mol. The molecule has 2 rings (SSSR count). The Balaban J connectivity index is 2.27. The highest BCUT2D eigenvalue weighted by Crippen LogP contribution is 2.34. The van der Waals surface area contributed by atoms with Crippen LogP contribution in [0.3, 0.4) is 0 Å². The zero-order valence-electron chi connectivity index (χ0n) is 9.30. The molecule has 0 unspecified atom stereocenters. The minimum Gasteiger partial charge on any atom is -0.339 e. The number of anilines is 2. The summed E-state index contributed by atoms with van der Waals surface area (Å²) < 4.78 is 50.2. The van der Waals surface area contributed by atoms with Gasteiger partial charge in [-0.25, -0.2) is 4.98 Å². The Morgan fingerprint density at radius 3 is 2.42 bits per heavy atom. The number of hydrogen-bond donors (Lipinski definition) is 1. The summed E-state index contributed by atoms with van der Waals surface area (Å²) in [5, 5.41) is 2.52. The lowest BCUT2D eigenvalue weighted by atomic mass is 10.2. The minimum atomic E-state index is -4.46. The van der Waals surface area contributed by atoms with Crippen LogP contribution in [-0.2, 0) is 6.18 Å². The largest absolute Gasteiger partial charge is 0.416 e. The first-order valence-electron chi connectivity index (χ1n) is 5.12. The number of pyridine rings is 1. The molecule has 1 aromatic heterocycles. The minimum absolute atomic E-state index is 0.124. The predicted octanol–water partition coefficient (Wildman–Crippen LogP) is 4.64. The molecule has 1 N–H and O–H groups in total. The van der Waals surface area contributed by atoms with Gasteiger partial charge in [0, 0.05) is 0 Å². The second kappa shape index (κ2) is 5.05. The van der Waals surface area contributed by atoms with E-state index in [1.54, 1.807) is 0 Å². The van der Waals surface area contributed by atoms with E-state index in [9.17, 15) is 17.6 Å². The van der Waals surface area contributed by atoms with E-state index < -0.39 is 17.7 Å². The van der Waals surface area contributed by atoms with Gasteiger partial charge >= 0.3 is 6.18 Å². The van der Waals surface area contributed by atoms with Crippen LogP contribution in [0, 0.1) is 5.95 Å². The summed E-state index contributed by atoms with van der Waals surface area (Å²) in [6, 6.07) is 6.88.